The molecule has 11 heteroatoms. The van der Waals surface area contributed by atoms with E-state index < -0.39 is 29.6 Å². The van der Waals surface area contributed by atoms with Crippen molar-refractivity contribution in [3.05, 3.63) is 88.7 Å². The van der Waals surface area contributed by atoms with Gasteiger partial charge in [0.05, 0.1) is 17.8 Å². The number of urea groups is 1. The Morgan fingerprint density at radius 2 is 1.76 bits per heavy atom. The van der Waals surface area contributed by atoms with Gasteiger partial charge < -0.3 is 14.8 Å². The fourth-order valence-electron chi connectivity index (χ4n) is 3.39. The minimum Gasteiger partial charge on any atom is -0.497 e. The first-order valence-corrected chi connectivity index (χ1v) is 11.2. The van der Waals surface area contributed by atoms with E-state index in [-0.39, 0.29) is 28.6 Å². The van der Waals surface area contributed by atoms with Gasteiger partial charge in [0.2, 0.25) is 0 Å². The number of benzene rings is 3. The molecule has 3 aromatic rings. The first kappa shape index (κ1) is 25.4. The Labute approximate surface area is 215 Å². The third kappa shape index (κ3) is 5.93. The highest BCUT2D eigenvalue weighted by atomic mass is 35.5. The van der Waals surface area contributed by atoms with Gasteiger partial charge in [-0.1, -0.05) is 17.7 Å². The largest absolute Gasteiger partial charge is 0.497 e. The lowest BCUT2D eigenvalue weighted by Crippen LogP contribution is -2.54. The number of rotatable bonds is 7. The summed E-state index contributed by atoms with van der Waals surface area (Å²) in [6.07, 6.45) is 1.26. The summed E-state index contributed by atoms with van der Waals surface area (Å²) in [5, 5.41) is 4.89. The topological polar surface area (TPSA) is 114 Å². The number of halogens is 2. The Kier molecular flexibility index (Phi) is 7.49. The highest BCUT2D eigenvalue weighted by Crippen LogP contribution is 2.28. The first-order valence-electron chi connectivity index (χ1n) is 10.8. The molecule has 0 unspecified atom stereocenters. The minimum atomic E-state index is -0.951. The van der Waals surface area contributed by atoms with Crippen molar-refractivity contribution in [1.29, 1.82) is 0 Å². The summed E-state index contributed by atoms with van der Waals surface area (Å²) in [5.41, 5.74) is 0.697. The lowest BCUT2D eigenvalue weighted by atomic mass is 10.1. The van der Waals surface area contributed by atoms with Gasteiger partial charge in [0.25, 0.3) is 17.7 Å². The van der Waals surface area contributed by atoms with Crippen LogP contribution >= 0.6 is 11.6 Å². The van der Waals surface area contributed by atoms with Gasteiger partial charge in [0.1, 0.15) is 22.9 Å². The van der Waals surface area contributed by atoms with Crippen molar-refractivity contribution in [1.82, 2.24) is 5.32 Å². The van der Waals surface area contributed by atoms with Crippen LogP contribution in [0.15, 0.2) is 72.3 Å². The van der Waals surface area contributed by atoms with Gasteiger partial charge in [0.15, 0.2) is 6.61 Å². The lowest BCUT2D eigenvalue weighted by Gasteiger charge is -2.26. The summed E-state index contributed by atoms with van der Waals surface area (Å²) in [5.74, 6) is -1.88. The zero-order valence-electron chi connectivity index (χ0n) is 19.3. The van der Waals surface area contributed by atoms with Crippen LogP contribution in [0, 0.1) is 5.82 Å². The molecule has 0 atom stereocenters. The molecule has 188 valence electrons. The van der Waals surface area contributed by atoms with Crippen molar-refractivity contribution in [3.63, 3.8) is 0 Å². The van der Waals surface area contributed by atoms with Gasteiger partial charge in [-0.05, 0) is 72.3 Å². The third-order valence-corrected chi connectivity index (χ3v) is 5.48. The number of ether oxygens (including phenoxy) is 2. The summed E-state index contributed by atoms with van der Waals surface area (Å²) in [6.45, 7) is -0.318. The average molecular weight is 524 g/mol. The molecule has 37 heavy (non-hydrogen) atoms. The number of nitrogens with one attached hydrogen (secondary N) is 2. The number of methoxy groups -OCH3 is 1. The van der Waals surface area contributed by atoms with Crippen LogP contribution < -0.4 is 25.0 Å². The van der Waals surface area contributed by atoms with E-state index in [4.69, 9.17) is 21.1 Å². The Hall–Kier alpha value is -4.70. The summed E-state index contributed by atoms with van der Waals surface area (Å²) >= 11 is 6.27. The van der Waals surface area contributed by atoms with Crippen LogP contribution in [0.25, 0.3) is 6.08 Å². The van der Waals surface area contributed by atoms with Crippen LogP contribution in [0.2, 0.25) is 5.02 Å². The van der Waals surface area contributed by atoms with Crippen molar-refractivity contribution in [2.24, 2.45) is 0 Å². The molecule has 3 aromatic carbocycles. The van der Waals surface area contributed by atoms with Crippen molar-refractivity contribution in [2.75, 3.05) is 23.9 Å². The van der Waals surface area contributed by atoms with Gasteiger partial charge in [0, 0.05) is 5.69 Å². The molecule has 0 aromatic heterocycles. The fraction of sp³-hybridized carbons (Fsp3) is 0.0769. The molecule has 1 fully saturated rings. The molecule has 0 radical (unpaired) electrons. The number of hydrogen-bond acceptors (Lipinski definition) is 6. The van der Waals surface area contributed by atoms with Crippen molar-refractivity contribution < 1.29 is 33.0 Å². The maximum absolute atomic E-state index is 13.2. The highest BCUT2D eigenvalue weighted by molar-refractivity contribution is 6.39. The Morgan fingerprint density at radius 3 is 2.41 bits per heavy atom. The van der Waals surface area contributed by atoms with Gasteiger partial charge in [-0.3, -0.25) is 19.7 Å². The number of anilines is 2. The SMILES string of the molecule is COc1ccc(NC(=O)COc2ccc(/C=C3\C(=O)NC(=O)N(c4ccc(F)cc4)C3=O)cc2Cl)cc1. The van der Waals surface area contributed by atoms with E-state index in [0.717, 1.165) is 17.0 Å². The second-order valence-corrected chi connectivity index (χ2v) is 8.10. The molecule has 1 saturated heterocycles. The normalized spacial score (nSPS) is 14.4. The predicted molar refractivity (Wildman–Crippen MR) is 134 cm³/mol. The maximum Gasteiger partial charge on any atom is 0.335 e. The Morgan fingerprint density at radius 1 is 1.05 bits per heavy atom. The van der Waals surface area contributed by atoms with E-state index >= 15 is 0 Å². The van der Waals surface area contributed by atoms with Crippen LogP contribution in [0.1, 0.15) is 5.56 Å². The second-order valence-electron chi connectivity index (χ2n) is 7.69. The van der Waals surface area contributed by atoms with Crippen LogP contribution in [0.5, 0.6) is 11.5 Å². The van der Waals surface area contributed by atoms with E-state index in [0.29, 0.717) is 17.0 Å². The van der Waals surface area contributed by atoms with Crippen LogP contribution in [-0.2, 0) is 14.4 Å². The monoisotopic (exact) mass is 523 g/mol. The number of nitrogens with zero attached hydrogens (tertiary/aromatic N) is 1. The molecular weight excluding hydrogens is 505 g/mol. The summed E-state index contributed by atoms with van der Waals surface area (Å²) in [6, 6.07) is 14.9. The molecular formula is C26H19ClFN3O6. The first-order chi connectivity index (χ1) is 17.7. The Bertz CT molecular complexity index is 1410. The molecule has 0 bridgehead atoms. The van der Waals surface area contributed by atoms with Gasteiger partial charge in [-0.2, -0.15) is 0 Å². The number of hydrogen-bond donors (Lipinski definition) is 2. The second kappa shape index (κ2) is 10.9. The summed E-state index contributed by atoms with van der Waals surface area (Å²) in [4.78, 5) is 50.4. The molecule has 0 aliphatic carbocycles. The molecule has 1 aliphatic rings. The highest BCUT2D eigenvalue weighted by Gasteiger charge is 2.36. The van der Waals surface area contributed by atoms with Crippen molar-refractivity contribution in [3.8, 4) is 11.5 Å². The van der Waals surface area contributed by atoms with Crippen LogP contribution in [-0.4, -0.2) is 37.5 Å². The fourth-order valence-corrected chi connectivity index (χ4v) is 3.63. The smallest absolute Gasteiger partial charge is 0.335 e. The predicted octanol–water partition coefficient (Wildman–Crippen LogP) is 4.17. The van der Waals surface area contributed by atoms with E-state index in [9.17, 15) is 23.6 Å². The number of carbonyl (C=O) groups excluding carboxylic acids is 4. The quantitative estimate of drug-likeness (QED) is 0.355. The zero-order valence-corrected chi connectivity index (χ0v) is 20.0. The average Bonchev–Trinajstić information content (AvgIpc) is 2.87. The Balaban J connectivity index is 1.45. The summed E-state index contributed by atoms with van der Waals surface area (Å²) < 4.78 is 23.8. The third-order valence-electron chi connectivity index (χ3n) is 5.19. The molecule has 0 spiro atoms. The number of barbiturate groups is 1. The van der Waals surface area contributed by atoms with Gasteiger partial charge in [-0.15, -0.1) is 0 Å². The number of imide groups is 2. The van der Waals surface area contributed by atoms with E-state index in [1.165, 1.54) is 43.5 Å². The standard InChI is InChI=1S/C26H19ClFN3O6/c1-36-19-9-5-17(6-10-19)29-23(32)14-37-22-11-2-15(13-21(22)27)12-20-24(33)30-26(35)31(25(20)34)18-7-3-16(28)4-8-18/h2-13H,14H2,1H3,(H,29,32)(H,30,33,35)/b20-12+. The maximum atomic E-state index is 13.2. The van der Waals surface area contributed by atoms with Crippen LogP contribution in [0.3, 0.4) is 0 Å². The number of amides is 5. The van der Waals surface area contributed by atoms with Gasteiger partial charge >= 0.3 is 6.03 Å². The molecule has 1 heterocycles. The van der Waals surface area contributed by atoms with Crippen molar-refractivity contribution in [2.45, 2.75) is 0 Å². The van der Waals surface area contributed by atoms with Gasteiger partial charge in [-0.25, -0.2) is 14.1 Å². The zero-order chi connectivity index (χ0) is 26.5. The van der Waals surface area contributed by atoms with E-state index in [1.54, 1.807) is 24.3 Å². The molecule has 5 amide bonds. The van der Waals surface area contributed by atoms with E-state index in [1.807, 2.05) is 0 Å². The molecule has 2 N–H and O–H groups in total. The summed E-state index contributed by atoms with van der Waals surface area (Å²) in [7, 11) is 1.54. The molecule has 4 rings (SSSR count). The number of carbonyl (C=O) groups is 4. The van der Waals surface area contributed by atoms with Crippen molar-refractivity contribution >= 4 is 52.8 Å². The van der Waals surface area contributed by atoms with E-state index in [2.05, 4.69) is 10.6 Å². The minimum absolute atomic E-state index is 0.0944. The lowest BCUT2D eigenvalue weighted by molar-refractivity contribution is -0.122. The molecule has 9 nitrogen and oxygen atoms in total. The molecule has 0 saturated carbocycles. The molecule has 1 aliphatic heterocycles. The van der Waals surface area contributed by atoms with Crippen LogP contribution in [0.4, 0.5) is 20.6 Å².